The van der Waals surface area contributed by atoms with Crippen molar-refractivity contribution in [1.82, 2.24) is 5.32 Å². The lowest BCUT2D eigenvalue weighted by Crippen LogP contribution is -2.44. The first-order valence-electron chi connectivity index (χ1n) is 7.30. The maximum atomic E-state index is 9.27. The minimum atomic E-state index is -0.0765. The van der Waals surface area contributed by atoms with Gasteiger partial charge in [-0.1, -0.05) is 18.2 Å². The monoisotopic (exact) mass is 278 g/mol. The minimum absolute atomic E-state index is 0.0765. The fourth-order valence-corrected chi connectivity index (χ4v) is 2.38. The van der Waals surface area contributed by atoms with Crippen LogP contribution in [0.1, 0.15) is 26.3 Å². The Morgan fingerprint density at radius 2 is 2.10 bits per heavy atom. The van der Waals surface area contributed by atoms with Crippen molar-refractivity contribution in [2.24, 2.45) is 0 Å². The number of para-hydroxylation sites is 1. The summed E-state index contributed by atoms with van der Waals surface area (Å²) >= 11 is 0. The van der Waals surface area contributed by atoms with Crippen molar-refractivity contribution in [2.75, 3.05) is 31.2 Å². The van der Waals surface area contributed by atoms with Crippen LogP contribution in [0.15, 0.2) is 24.3 Å². The third-order valence-electron chi connectivity index (χ3n) is 3.48. The van der Waals surface area contributed by atoms with Gasteiger partial charge in [-0.15, -0.1) is 0 Å². The predicted octanol–water partition coefficient (Wildman–Crippen LogP) is 1.77. The van der Waals surface area contributed by atoms with Gasteiger partial charge in [-0.05, 0) is 32.4 Å². The molecular formula is C16H26N2O2. The Bertz CT molecular complexity index is 429. The first-order valence-corrected chi connectivity index (χ1v) is 7.30. The van der Waals surface area contributed by atoms with Crippen LogP contribution in [-0.4, -0.2) is 43.1 Å². The summed E-state index contributed by atoms with van der Waals surface area (Å²) in [5.74, 6) is 0. The lowest BCUT2D eigenvalue weighted by Gasteiger charge is -2.35. The standard InChI is InChI=1S/C16H26N2O2/c1-16(2,3)17-10-13-6-4-5-7-15(13)18-8-9-20-14(11-18)12-19/h4-7,14,17,19H,8-12H2,1-3H3. The highest BCUT2D eigenvalue weighted by Gasteiger charge is 2.21. The van der Waals surface area contributed by atoms with E-state index in [1.54, 1.807) is 0 Å². The van der Waals surface area contributed by atoms with Crippen molar-refractivity contribution in [3.05, 3.63) is 29.8 Å². The summed E-state index contributed by atoms with van der Waals surface area (Å²) < 4.78 is 5.53. The van der Waals surface area contributed by atoms with E-state index in [0.717, 1.165) is 19.6 Å². The second-order valence-electron chi connectivity index (χ2n) is 6.35. The van der Waals surface area contributed by atoms with Gasteiger partial charge in [0.15, 0.2) is 0 Å². The van der Waals surface area contributed by atoms with E-state index in [1.807, 2.05) is 0 Å². The van der Waals surface area contributed by atoms with Gasteiger partial charge >= 0.3 is 0 Å². The second-order valence-corrected chi connectivity index (χ2v) is 6.35. The van der Waals surface area contributed by atoms with Gasteiger partial charge in [-0.2, -0.15) is 0 Å². The van der Waals surface area contributed by atoms with Crippen molar-refractivity contribution in [3.63, 3.8) is 0 Å². The van der Waals surface area contributed by atoms with Crippen molar-refractivity contribution < 1.29 is 9.84 Å². The van der Waals surface area contributed by atoms with E-state index in [0.29, 0.717) is 6.61 Å². The summed E-state index contributed by atoms with van der Waals surface area (Å²) in [6.45, 7) is 9.75. The number of ether oxygens (including phenoxy) is 1. The Morgan fingerprint density at radius 3 is 2.80 bits per heavy atom. The van der Waals surface area contributed by atoms with Crippen LogP contribution in [0.2, 0.25) is 0 Å². The molecular weight excluding hydrogens is 252 g/mol. The number of morpholine rings is 1. The lowest BCUT2D eigenvalue weighted by molar-refractivity contribution is 0.00352. The van der Waals surface area contributed by atoms with E-state index in [2.05, 4.69) is 55.3 Å². The molecule has 4 nitrogen and oxygen atoms in total. The second kappa shape index (κ2) is 6.57. The van der Waals surface area contributed by atoms with E-state index < -0.39 is 0 Å². The Labute approximate surface area is 121 Å². The molecule has 0 amide bonds. The van der Waals surface area contributed by atoms with Gasteiger partial charge in [-0.25, -0.2) is 0 Å². The summed E-state index contributed by atoms with van der Waals surface area (Å²) in [6, 6.07) is 8.46. The molecule has 1 fully saturated rings. The van der Waals surface area contributed by atoms with E-state index in [4.69, 9.17) is 4.74 Å². The quantitative estimate of drug-likeness (QED) is 0.881. The van der Waals surface area contributed by atoms with E-state index in [9.17, 15) is 5.11 Å². The largest absolute Gasteiger partial charge is 0.394 e. The number of nitrogens with zero attached hydrogens (tertiary/aromatic N) is 1. The number of aliphatic hydroxyl groups is 1. The molecule has 0 aliphatic carbocycles. The summed E-state index contributed by atoms with van der Waals surface area (Å²) in [5, 5.41) is 12.8. The molecule has 4 heteroatoms. The van der Waals surface area contributed by atoms with Gasteiger partial charge < -0.3 is 20.1 Å². The Balaban J connectivity index is 2.10. The first kappa shape index (κ1) is 15.3. The molecule has 20 heavy (non-hydrogen) atoms. The van der Waals surface area contributed by atoms with Crippen LogP contribution in [0.25, 0.3) is 0 Å². The SMILES string of the molecule is CC(C)(C)NCc1ccccc1N1CCOC(CO)C1. The minimum Gasteiger partial charge on any atom is -0.394 e. The van der Waals surface area contributed by atoms with Crippen LogP contribution < -0.4 is 10.2 Å². The maximum absolute atomic E-state index is 9.27. The average molecular weight is 278 g/mol. The molecule has 0 radical (unpaired) electrons. The number of benzene rings is 1. The molecule has 112 valence electrons. The van der Waals surface area contributed by atoms with Crippen molar-refractivity contribution in [1.29, 1.82) is 0 Å². The zero-order chi connectivity index (χ0) is 14.6. The van der Waals surface area contributed by atoms with Crippen molar-refractivity contribution in [2.45, 2.75) is 39.0 Å². The third-order valence-corrected chi connectivity index (χ3v) is 3.48. The van der Waals surface area contributed by atoms with Crippen LogP contribution in [-0.2, 0) is 11.3 Å². The predicted molar refractivity (Wildman–Crippen MR) is 82.1 cm³/mol. The van der Waals surface area contributed by atoms with Gasteiger partial charge in [0.1, 0.15) is 0 Å². The number of anilines is 1. The fourth-order valence-electron chi connectivity index (χ4n) is 2.38. The van der Waals surface area contributed by atoms with Crippen molar-refractivity contribution in [3.8, 4) is 0 Å². The van der Waals surface area contributed by atoms with Crippen molar-refractivity contribution >= 4 is 5.69 Å². The first-order chi connectivity index (χ1) is 9.49. The molecule has 1 aliphatic rings. The van der Waals surface area contributed by atoms with E-state index in [1.165, 1.54) is 11.3 Å². The molecule has 0 spiro atoms. The third kappa shape index (κ3) is 4.20. The lowest BCUT2D eigenvalue weighted by atomic mass is 10.1. The summed E-state index contributed by atoms with van der Waals surface area (Å²) in [7, 11) is 0. The molecule has 1 saturated heterocycles. The van der Waals surface area contributed by atoms with E-state index in [-0.39, 0.29) is 18.2 Å². The van der Waals surface area contributed by atoms with Gasteiger partial charge in [0, 0.05) is 30.9 Å². The number of hydrogen-bond donors (Lipinski definition) is 2. The Kier molecular flexibility index (Phi) is 5.02. The number of nitrogens with one attached hydrogen (secondary N) is 1. The zero-order valence-electron chi connectivity index (χ0n) is 12.7. The molecule has 1 aromatic carbocycles. The van der Waals surface area contributed by atoms with Gasteiger partial charge in [-0.3, -0.25) is 0 Å². The Hall–Kier alpha value is -1.10. The smallest absolute Gasteiger partial charge is 0.0980 e. The highest BCUT2D eigenvalue weighted by atomic mass is 16.5. The maximum Gasteiger partial charge on any atom is 0.0980 e. The Morgan fingerprint density at radius 1 is 1.35 bits per heavy atom. The fraction of sp³-hybridized carbons (Fsp3) is 0.625. The number of hydrogen-bond acceptors (Lipinski definition) is 4. The van der Waals surface area contributed by atoms with Gasteiger partial charge in [0.05, 0.1) is 19.3 Å². The molecule has 2 N–H and O–H groups in total. The van der Waals surface area contributed by atoms with Crippen LogP contribution in [0.5, 0.6) is 0 Å². The zero-order valence-corrected chi connectivity index (χ0v) is 12.7. The molecule has 0 bridgehead atoms. The molecule has 2 rings (SSSR count). The summed E-state index contributed by atoms with van der Waals surface area (Å²) in [6.07, 6.45) is -0.0765. The highest BCUT2D eigenvalue weighted by Crippen LogP contribution is 2.23. The molecule has 1 heterocycles. The number of aliphatic hydroxyl groups excluding tert-OH is 1. The molecule has 0 aromatic heterocycles. The average Bonchev–Trinajstić information content (AvgIpc) is 2.45. The molecule has 1 unspecified atom stereocenters. The van der Waals surface area contributed by atoms with Gasteiger partial charge in [0.25, 0.3) is 0 Å². The molecule has 1 aromatic rings. The summed E-state index contributed by atoms with van der Waals surface area (Å²) in [5.41, 5.74) is 2.64. The van der Waals surface area contributed by atoms with Crippen LogP contribution in [0, 0.1) is 0 Å². The highest BCUT2D eigenvalue weighted by molar-refractivity contribution is 5.54. The molecule has 0 saturated carbocycles. The topological polar surface area (TPSA) is 44.7 Å². The van der Waals surface area contributed by atoms with E-state index >= 15 is 0 Å². The molecule has 1 aliphatic heterocycles. The van der Waals surface area contributed by atoms with Crippen LogP contribution in [0.3, 0.4) is 0 Å². The molecule has 1 atom stereocenters. The van der Waals surface area contributed by atoms with Crippen LogP contribution >= 0.6 is 0 Å². The number of rotatable bonds is 4. The van der Waals surface area contributed by atoms with Gasteiger partial charge in [0.2, 0.25) is 0 Å². The summed E-state index contributed by atoms with van der Waals surface area (Å²) in [4.78, 5) is 2.31. The normalized spacial score (nSPS) is 20.2. The van der Waals surface area contributed by atoms with Crippen LogP contribution in [0.4, 0.5) is 5.69 Å².